The summed E-state index contributed by atoms with van der Waals surface area (Å²) in [6, 6.07) is 0. The molecule has 0 bridgehead atoms. The second-order valence-corrected chi connectivity index (χ2v) is 4.30. The van der Waals surface area contributed by atoms with Gasteiger partial charge in [-0.2, -0.15) is 0 Å². The fraction of sp³-hybridized carbons (Fsp3) is 1.00. The van der Waals surface area contributed by atoms with E-state index in [1.165, 1.54) is 38.6 Å². The molecule has 1 aliphatic rings. The molecule has 1 saturated heterocycles. The molecular weight excluding hydrogens is 188 g/mol. The highest BCUT2D eigenvalue weighted by Gasteiger charge is 2.11. The molecule has 0 aliphatic carbocycles. The lowest BCUT2D eigenvalue weighted by Crippen LogP contribution is -2.38. The molecule has 1 unspecified atom stereocenters. The first-order valence-corrected chi connectivity index (χ1v) is 6.46. The molecule has 3 nitrogen and oxygen atoms in total. The summed E-state index contributed by atoms with van der Waals surface area (Å²) in [6.45, 7) is 7.50. The van der Waals surface area contributed by atoms with Crippen LogP contribution in [0.5, 0.6) is 0 Å². The Kier molecular flexibility index (Phi) is 7.88. The molecule has 0 aromatic carbocycles. The van der Waals surface area contributed by atoms with Gasteiger partial charge in [0.15, 0.2) is 0 Å². The topological polar surface area (TPSA) is 33.3 Å². The van der Waals surface area contributed by atoms with Gasteiger partial charge in [-0.1, -0.05) is 19.8 Å². The number of rotatable bonds is 8. The fourth-order valence-corrected chi connectivity index (χ4v) is 1.88. The van der Waals surface area contributed by atoms with Gasteiger partial charge in [0.25, 0.3) is 0 Å². The number of unbranched alkanes of at least 4 members (excludes halogenated alkanes) is 2. The van der Waals surface area contributed by atoms with Crippen LogP contribution in [-0.4, -0.2) is 38.9 Å². The summed E-state index contributed by atoms with van der Waals surface area (Å²) >= 11 is 0. The maximum atomic E-state index is 5.63. The Hall–Kier alpha value is -0.120. The van der Waals surface area contributed by atoms with E-state index in [2.05, 4.69) is 17.6 Å². The van der Waals surface area contributed by atoms with Crippen molar-refractivity contribution in [3.05, 3.63) is 0 Å². The van der Waals surface area contributed by atoms with Crippen molar-refractivity contribution in [1.29, 1.82) is 0 Å². The smallest absolute Gasteiger partial charge is 0.0700 e. The largest absolute Gasteiger partial charge is 0.376 e. The summed E-state index contributed by atoms with van der Waals surface area (Å²) in [6.07, 6.45) is 6.85. The van der Waals surface area contributed by atoms with Crippen LogP contribution in [0.3, 0.4) is 0 Å². The summed E-state index contributed by atoms with van der Waals surface area (Å²) in [5.74, 6) is 0. The Labute approximate surface area is 94.0 Å². The molecule has 3 heteroatoms. The first-order chi connectivity index (χ1) is 7.43. The molecule has 15 heavy (non-hydrogen) atoms. The van der Waals surface area contributed by atoms with Crippen LogP contribution >= 0.6 is 0 Å². The standard InChI is InChI=1S/C12H26N2O/c1-2-3-4-7-13-8-5-6-12-11-14-9-10-15-12/h12-14H,2-11H2,1H3. The van der Waals surface area contributed by atoms with Crippen molar-refractivity contribution in [2.45, 2.75) is 45.1 Å². The molecule has 1 aliphatic heterocycles. The normalized spacial score (nSPS) is 21.8. The second kappa shape index (κ2) is 9.13. The minimum absolute atomic E-state index is 0.455. The average molecular weight is 214 g/mol. The van der Waals surface area contributed by atoms with Crippen molar-refractivity contribution in [3.63, 3.8) is 0 Å². The Morgan fingerprint density at radius 2 is 2.13 bits per heavy atom. The van der Waals surface area contributed by atoms with Gasteiger partial charge in [0.05, 0.1) is 12.7 Å². The first kappa shape index (κ1) is 12.9. The lowest BCUT2D eigenvalue weighted by Gasteiger charge is -2.23. The Morgan fingerprint density at radius 1 is 1.27 bits per heavy atom. The third-order valence-electron chi connectivity index (χ3n) is 2.84. The van der Waals surface area contributed by atoms with Crippen LogP contribution in [0.15, 0.2) is 0 Å². The van der Waals surface area contributed by atoms with Gasteiger partial charge in [-0.05, 0) is 32.4 Å². The summed E-state index contributed by atoms with van der Waals surface area (Å²) in [7, 11) is 0. The van der Waals surface area contributed by atoms with E-state index < -0.39 is 0 Å². The fourth-order valence-electron chi connectivity index (χ4n) is 1.88. The molecular formula is C12H26N2O. The van der Waals surface area contributed by atoms with Crippen LogP contribution < -0.4 is 10.6 Å². The van der Waals surface area contributed by atoms with Crippen molar-refractivity contribution in [2.75, 3.05) is 32.8 Å². The van der Waals surface area contributed by atoms with Crippen LogP contribution in [0.25, 0.3) is 0 Å². The lowest BCUT2D eigenvalue weighted by atomic mass is 10.1. The van der Waals surface area contributed by atoms with Gasteiger partial charge in [-0.25, -0.2) is 0 Å². The monoisotopic (exact) mass is 214 g/mol. The van der Waals surface area contributed by atoms with Gasteiger partial charge < -0.3 is 15.4 Å². The van der Waals surface area contributed by atoms with Crippen molar-refractivity contribution in [3.8, 4) is 0 Å². The zero-order chi connectivity index (χ0) is 10.8. The zero-order valence-electron chi connectivity index (χ0n) is 10.1. The molecule has 90 valence electrons. The van der Waals surface area contributed by atoms with Gasteiger partial charge in [-0.15, -0.1) is 0 Å². The van der Waals surface area contributed by atoms with Crippen LogP contribution in [0.2, 0.25) is 0 Å². The quantitative estimate of drug-likeness (QED) is 0.601. The summed E-state index contributed by atoms with van der Waals surface area (Å²) in [5.41, 5.74) is 0. The number of hydrogen-bond acceptors (Lipinski definition) is 3. The van der Waals surface area contributed by atoms with Gasteiger partial charge >= 0.3 is 0 Å². The number of hydrogen-bond donors (Lipinski definition) is 2. The van der Waals surface area contributed by atoms with E-state index in [9.17, 15) is 0 Å². The summed E-state index contributed by atoms with van der Waals surface area (Å²) in [4.78, 5) is 0. The predicted octanol–water partition coefficient (Wildman–Crippen LogP) is 1.53. The van der Waals surface area contributed by atoms with Crippen molar-refractivity contribution < 1.29 is 4.74 Å². The number of nitrogens with one attached hydrogen (secondary N) is 2. The zero-order valence-corrected chi connectivity index (χ0v) is 10.1. The first-order valence-electron chi connectivity index (χ1n) is 6.46. The molecule has 1 heterocycles. The number of ether oxygens (including phenoxy) is 1. The SMILES string of the molecule is CCCCCNCCCC1CNCCO1. The minimum atomic E-state index is 0.455. The van der Waals surface area contributed by atoms with Crippen molar-refractivity contribution >= 4 is 0 Å². The average Bonchev–Trinajstić information content (AvgIpc) is 2.29. The minimum Gasteiger partial charge on any atom is -0.376 e. The van der Waals surface area contributed by atoms with Gasteiger partial charge in [0.1, 0.15) is 0 Å². The van der Waals surface area contributed by atoms with E-state index in [-0.39, 0.29) is 0 Å². The van der Waals surface area contributed by atoms with E-state index in [1.807, 2.05) is 0 Å². The van der Waals surface area contributed by atoms with E-state index in [0.29, 0.717) is 6.10 Å². The summed E-state index contributed by atoms with van der Waals surface area (Å²) in [5, 5.41) is 6.84. The maximum absolute atomic E-state index is 5.63. The lowest BCUT2D eigenvalue weighted by molar-refractivity contribution is 0.0225. The van der Waals surface area contributed by atoms with Crippen LogP contribution in [0, 0.1) is 0 Å². The Balaban J connectivity index is 1.79. The third-order valence-corrected chi connectivity index (χ3v) is 2.84. The highest BCUT2D eigenvalue weighted by Crippen LogP contribution is 2.03. The Bertz CT molecular complexity index is 136. The van der Waals surface area contributed by atoms with Gasteiger partial charge in [-0.3, -0.25) is 0 Å². The van der Waals surface area contributed by atoms with Crippen LogP contribution in [-0.2, 0) is 4.74 Å². The van der Waals surface area contributed by atoms with Gasteiger partial charge in [0, 0.05) is 13.1 Å². The Morgan fingerprint density at radius 3 is 2.87 bits per heavy atom. The van der Waals surface area contributed by atoms with E-state index in [1.54, 1.807) is 0 Å². The molecule has 1 fully saturated rings. The van der Waals surface area contributed by atoms with E-state index in [0.717, 1.165) is 26.2 Å². The van der Waals surface area contributed by atoms with E-state index >= 15 is 0 Å². The molecule has 0 radical (unpaired) electrons. The molecule has 0 amide bonds. The second-order valence-electron chi connectivity index (χ2n) is 4.30. The predicted molar refractivity (Wildman–Crippen MR) is 64.2 cm³/mol. The molecule has 2 N–H and O–H groups in total. The highest BCUT2D eigenvalue weighted by atomic mass is 16.5. The maximum Gasteiger partial charge on any atom is 0.0700 e. The molecule has 0 aromatic heterocycles. The van der Waals surface area contributed by atoms with Crippen molar-refractivity contribution in [1.82, 2.24) is 10.6 Å². The van der Waals surface area contributed by atoms with Crippen LogP contribution in [0.4, 0.5) is 0 Å². The molecule has 0 spiro atoms. The van der Waals surface area contributed by atoms with Crippen LogP contribution in [0.1, 0.15) is 39.0 Å². The van der Waals surface area contributed by atoms with Gasteiger partial charge in [0.2, 0.25) is 0 Å². The highest BCUT2D eigenvalue weighted by molar-refractivity contribution is 4.67. The molecule has 1 atom stereocenters. The molecule has 0 saturated carbocycles. The molecule has 0 aromatic rings. The molecule has 1 rings (SSSR count). The summed E-state index contributed by atoms with van der Waals surface area (Å²) < 4.78 is 5.63. The van der Waals surface area contributed by atoms with Crippen molar-refractivity contribution in [2.24, 2.45) is 0 Å². The van der Waals surface area contributed by atoms with E-state index in [4.69, 9.17) is 4.74 Å². The third kappa shape index (κ3) is 6.88. The number of morpholine rings is 1.